The van der Waals surface area contributed by atoms with Crippen LogP contribution in [0.3, 0.4) is 0 Å². The van der Waals surface area contributed by atoms with E-state index in [2.05, 4.69) is 11.9 Å². The molecule has 2 aliphatic rings. The second-order valence-corrected chi connectivity index (χ2v) is 5.28. The van der Waals surface area contributed by atoms with Crippen LogP contribution in [0.25, 0.3) is 0 Å². The van der Waals surface area contributed by atoms with Crippen LogP contribution in [0.2, 0.25) is 0 Å². The van der Waals surface area contributed by atoms with Crippen molar-refractivity contribution in [2.45, 2.75) is 25.7 Å². The minimum absolute atomic E-state index is 0.462. The number of hydrogen-bond acceptors (Lipinski definition) is 3. The maximum atomic E-state index is 5.73. The third-order valence-corrected chi connectivity index (χ3v) is 4.36. The van der Waals surface area contributed by atoms with Crippen LogP contribution in [0.5, 0.6) is 0 Å². The molecule has 2 heterocycles. The van der Waals surface area contributed by atoms with Crippen LogP contribution in [0.15, 0.2) is 0 Å². The van der Waals surface area contributed by atoms with Gasteiger partial charge in [0.05, 0.1) is 6.61 Å². The Bertz CT molecular complexity index is 198. The highest BCUT2D eigenvalue weighted by molar-refractivity contribution is 4.92. The van der Waals surface area contributed by atoms with Gasteiger partial charge in [-0.15, -0.1) is 0 Å². The number of piperidine rings is 1. The quantitative estimate of drug-likeness (QED) is 0.744. The molecule has 0 bridgehead atoms. The number of hydrogen-bond donors (Lipinski definition) is 1. The fourth-order valence-corrected chi connectivity index (χ4v) is 3.19. The third-order valence-electron chi connectivity index (χ3n) is 4.36. The fourth-order valence-electron chi connectivity index (χ4n) is 3.19. The summed E-state index contributed by atoms with van der Waals surface area (Å²) in [4.78, 5) is 2.43. The van der Waals surface area contributed by atoms with E-state index < -0.39 is 0 Å². The molecule has 2 rings (SSSR count). The number of nitrogens with two attached hydrogens (primary N) is 1. The molecule has 2 saturated heterocycles. The Labute approximate surface area is 93.0 Å². The Hall–Kier alpha value is -0.120. The van der Waals surface area contributed by atoms with Gasteiger partial charge in [-0.05, 0) is 63.7 Å². The smallest absolute Gasteiger partial charge is 0.0526 e. The zero-order chi connectivity index (χ0) is 10.7. The lowest BCUT2D eigenvalue weighted by molar-refractivity contribution is -0.0828. The van der Waals surface area contributed by atoms with Crippen molar-refractivity contribution < 1.29 is 4.74 Å². The third kappa shape index (κ3) is 2.35. The Morgan fingerprint density at radius 1 is 1.40 bits per heavy atom. The van der Waals surface area contributed by atoms with Crippen LogP contribution in [-0.4, -0.2) is 44.8 Å². The van der Waals surface area contributed by atoms with Gasteiger partial charge in [-0.25, -0.2) is 0 Å². The monoisotopic (exact) mass is 212 g/mol. The lowest BCUT2D eigenvalue weighted by Crippen LogP contribution is -2.48. The lowest BCUT2D eigenvalue weighted by atomic mass is 9.66. The summed E-state index contributed by atoms with van der Waals surface area (Å²) < 4.78 is 5.72. The molecule has 0 aromatic carbocycles. The molecule has 3 heteroatoms. The van der Waals surface area contributed by atoms with Crippen LogP contribution in [-0.2, 0) is 4.74 Å². The molecule has 0 aromatic rings. The van der Waals surface area contributed by atoms with Crippen molar-refractivity contribution in [3.63, 3.8) is 0 Å². The maximum absolute atomic E-state index is 5.73. The Kier molecular flexibility index (Phi) is 3.65. The van der Waals surface area contributed by atoms with E-state index in [1.165, 1.54) is 38.8 Å². The van der Waals surface area contributed by atoms with Crippen LogP contribution < -0.4 is 5.73 Å². The van der Waals surface area contributed by atoms with E-state index in [9.17, 15) is 0 Å². The standard InChI is InChI=1S/C12H24N2O/c1-14-7-4-12(5-8-14)10-15-9-3-11(12)2-6-13/h11H,2-10,13H2,1H3. The average molecular weight is 212 g/mol. The van der Waals surface area contributed by atoms with Crippen molar-refractivity contribution in [2.24, 2.45) is 17.1 Å². The first-order valence-corrected chi connectivity index (χ1v) is 6.23. The van der Waals surface area contributed by atoms with Crippen molar-refractivity contribution in [1.29, 1.82) is 0 Å². The average Bonchev–Trinajstić information content (AvgIpc) is 2.26. The number of nitrogens with zero attached hydrogens (tertiary/aromatic N) is 1. The van der Waals surface area contributed by atoms with Gasteiger partial charge in [0.2, 0.25) is 0 Å². The number of likely N-dealkylation sites (tertiary alicyclic amines) is 1. The second-order valence-electron chi connectivity index (χ2n) is 5.28. The highest BCUT2D eigenvalue weighted by Crippen LogP contribution is 2.44. The molecule has 88 valence electrons. The second kappa shape index (κ2) is 4.81. The van der Waals surface area contributed by atoms with Gasteiger partial charge in [0, 0.05) is 6.61 Å². The summed E-state index contributed by atoms with van der Waals surface area (Å²) in [6, 6.07) is 0. The minimum atomic E-state index is 0.462. The SMILES string of the molecule is CN1CCC2(CC1)COCCC2CCN. The molecule has 0 aliphatic carbocycles. The summed E-state index contributed by atoms with van der Waals surface area (Å²) >= 11 is 0. The molecule has 2 aliphatic heterocycles. The van der Waals surface area contributed by atoms with Gasteiger partial charge in [0.25, 0.3) is 0 Å². The molecule has 0 amide bonds. The zero-order valence-corrected chi connectivity index (χ0v) is 9.87. The van der Waals surface area contributed by atoms with E-state index in [4.69, 9.17) is 10.5 Å². The molecule has 15 heavy (non-hydrogen) atoms. The van der Waals surface area contributed by atoms with Gasteiger partial charge in [0.1, 0.15) is 0 Å². The van der Waals surface area contributed by atoms with E-state index in [1.54, 1.807) is 0 Å². The Balaban J connectivity index is 2.01. The van der Waals surface area contributed by atoms with Gasteiger partial charge < -0.3 is 15.4 Å². The maximum Gasteiger partial charge on any atom is 0.0526 e. The molecule has 1 spiro atoms. The summed E-state index contributed by atoms with van der Waals surface area (Å²) in [5, 5.41) is 0. The van der Waals surface area contributed by atoms with Gasteiger partial charge in [-0.1, -0.05) is 0 Å². The first-order chi connectivity index (χ1) is 7.27. The molecule has 3 nitrogen and oxygen atoms in total. The van der Waals surface area contributed by atoms with Crippen LogP contribution in [0, 0.1) is 11.3 Å². The van der Waals surface area contributed by atoms with Crippen molar-refractivity contribution >= 4 is 0 Å². The lowest BCUT2D eigenvalue weighted by Gasteiger charge is -2.48. The first-order valence-electron chi connectivity index (χ1n) is 6.23. The molecule has 1 unspecified atom stereocenters. The summed E-state index contributed by atoms with van der Waals surface area (Å²) in [5.41, 5.74) is 6.19. The van der Waals surface area contributed by atoms with E-state index in [-0.39, 0.29) is 0 Å². The Morgan fingerprint density at radius 2 is 2.13 bits per heavy atom. The van der Waals surface area contributed by atoms with Crippen molar-refractivity contribution in [2.75, 3.05) is 39.9 Å². The van der Waals surface area contributed by atoms with E-state index in [0.717, 1.165) is 25.7 Å². The largest absolute Gasteiger partial charge is 0.381 e. The van der Waals surface area contributed by atoms with Crippen molar-refractivity contribution in [3.8, 4) is 0 Å². The number of ether oxygens (including phenoxy) is 1. The van der Waals surface area contributed by atoms with Gasteiger partial charge in [-0.3, -0.25) is 0 Å². The first kappa shape index (κ1) is 11.4. The normalized spacial score (nSPS) is 32.0. The molecule has 0 saturated carbocycles. The summed E-state index contributed by atoms with van der Waals surface area (Å²) in [5.74, 6) is 0.810. The summed E-state index contributed by atoms with van der Waals surface area (Å²) in [6.07, 6.45) is 5.01. The topological polar surface area (TPSA) is 38.5 Å². The molecular formula is C12H24N2O. The zero-order valence-electron chi connectivity index (χ0n) is 9.87. The van der Waals surface area contributed by atoms with E-state index in [1.807, 2.05) is 0 Å². The van der Waals surface area contributed by atoms with Crippen molar-refractivity contribution in [3.05, 3.63) is 0 Å². The van der Waals surface area contributed by atoms with Crippen LogP contribution in [0.1, 0.15) is 25.7 Å². The highest BCUT2D eigenvalue weighted by Gasteiger charge is 2.42. The van der Waals surface area contributed by atoms with Gasteiger partial charge >= 0.3 is 0 Å². The molecule has 0 aromatic heterocycles. The fraction of sp³-hybridized carbons (Fsp3) is 1.00. The highest BCUT2D eigenvalue weighted by atomic mass is 16.5. The molecule has 2 fully saturated rings. The summed E-state index contributed by atoms with van der Waals surface area (Å²) in [6.45, 7) is 5.21. The van der Waals surface area contributed by atoms with Crippen LogP contribution in [0.4, 0.5) is 0 Å². The predicted octanol–water partition coefficient (Wildman–Crippen LogP) is 1.08. The van der Waals surface area contributed by atoms with Crippen molar-refractivity contribution in [1.82, 2.24) is 4.90 Å². The van der Waals surface area contributed by atoms with E-state index in [0.29, 0.717) is 5.41 Å². The van der Waals surface area contributed by atoms with Gasteiger partial charge in [0.15, 0.2) is 0 Å². The van der Waals surface area contributed by atoms with E-state index >= 15 is 0 Å². The van der Waals surface area contributed by atoms with Gasteiger partial charge in [-0.2, -0.15) is 0 Å². The number of rotatable bonds is 2. The summed E-state index contributed by atoms with van der Waals surface area (Å²) in [7, 11) is 2.22. The molecular weight excluding hydrogens is 188 g/mol. The molecule has 2 N–H and O–H groups in total. The molecule has 1 atom stereocenters. The predicted molar refractivity (Wildman–Crippen MR) is 61.8 cm³/mol. The van der Waals surface area contributed by atoms with Crippen LogP contribution >= 0.6 is 0 Å². The Morgan fingerprint density at radius 3 is 2.80 bits per heavy atom. The minimum Gasteiger partial charge on any atom is -0.381 e. The molecule has 0 radical (unpaired) electrons.